The minimum atomic E-state index is -1.82. The minimum absolute atomic E-state index is 0.677. The van der Waals surface area contributed by atoms with Gasteiger partial charge in [0.1, 0.15) is 0 Å². The molecule has 146 valence electrons. The largest absolute Gasteiger partial charge is 0.493 e. The number of carboxylic acid groups (broad SMARTS) is 2. The second kappa shape index (κ2) is 11.3. The molecule has 1 saturated heterocycles. The highest BCUT2D eigenvalue weighted by molar-refractivity contribution is 6.27. The average Bonchev–Trinajstić information content (AvgIpc) is 3.09. The summed E-state index contributed by atoms with van der Waals surface area (Å²) < 4.78 is 10.8. The first-order valence-corrected chi connectivity index (χ1v) is 8.55. The standard InChI is InChI=1S/C16H26N2O2.C2H2O4/c1-4-18-10-6-8-14(18)12-17-11-13-7-5-9-15(19-2)16(13)20-3;3-1(4)2(5)6/h5,7,9,14,17H,4,6,8,10-12H2,1-3H3;(H,3,4)(H,5,6). The zero-order valence-corrected chi connectivity index (χ0v) is 15.5. The van der Waals surface area contributed by atoms with Gasteiger partial charge in [0.15, 0.2) is 11.5 Å². The average molecular weight is 368 g/mol. The molecule has 26 heavy (non-hydrogen) atoms. The zero-order chi connectivity index (χ0) is 19.5. The molecular formula is C18H28N2O6. The van der Waals surface area contributed by atoms with Gasteiger partial charge in [0, 0.05) is 24.7 Å². The number of carbonyl (C=O) groups is 2. The van der Waals surface area contributed by atoms with Crippen LogP contribution in [0.1, 0.15) is 25.3 Å². The molecule has 8 heteroatoms. The molecule has 0 spiro atoms. The van der Waals surface area contributed by atoms with Gasteiger partial charge in [0.2, 0.25) is 0 Å². The van der Waals surface area contributed by atoms with Crippen LogP contribution in [-0.4, -0.2) is 66.9 Å². The summed E-state index contributed by atoms with van der Waals surface area (Å²) in [5.41, 5.74) is 1.15. The highest BCUT2D eigenvalue weighted by Gasteiger charge is 2.22. The molecule has 3 N–H and O–H groups in total. The van der Waals surface area contributed by atoms with Crippen molar-refractivity contribution in [1.29, 1.82) is 0 Å². The number of rotatable bonds is 7. The third kappa shape index (κ3) is 6.53. The number of ether oxygens (including phenoxy) is 2. The van der Waals surface area contributed by atoms with Crippen molar-refractivity contribution in [3.63, 3.8) is 0 Å². The number of carboxylic acids is 2. The number of benzene rings is 1. The lowest BCUT2D eigenvalue weighted by Crippen LogP contribution is -2.37. The monoisotopic (exact) mass is 368 g/mol. The molecular weight excluding hydrogens is 340 g/mol. The molecule has 8 nitrogen and oxygen atoms in total. The van der Waals surface area contributed by atoms with Gasteiger partial charge in [-0.2, -0.15) is 0 Å². The smallest absolute Gasteiger partial charge is 0.414 e. The van der Waals surface area contributed by atoms with Gasteiger partial charge in [-0.1, -0.05) is 19.1 Å². The summed E-state index contributed by atoms with van der Waals surface area (Å²) in [4.78, 5) is 20.8. The number of hydrogen-bond donors (Lipinski definition) is 3. The third-order valence-corrected chi connectivity index (χ3v) is 4.27. The molecule has 1 unspecified atom stereocenters. The van der Waals surface area contributed by atoms with E-state index in [9.17, 15) is 0 Å². The van der Waals surface area contributed by atoms with Crippen molar-refractivity contribution in [1.82, 2.24) is 10.2 Å². The third-order valence-electron chi connectivity index (χ3n) is 4.27. The number of hydrogen-bond acceptors (Lipinski definition) is 6. The minimum Gasteiger partial charge on any atom is -0.493 e. The molecule has 1 aliphatic heterocycles. The van der Waals surface area contributed by atoms with Gasteiger partial charge in [-0.15, -0.1) is 0 Å². The van der Waals surface area contributed by atoms with Crippen LogP contribution in [0.4, 0.5) is 0 Å². The van der Waals surface area contributed by atoms with E-state index >= 15 is 0 Å². The predicted octanol–water partition coefficient (Wildman–Crippen LogP) is 1.43. The first-order valence-electron chi connectivity index (χ1n) is 8.55. The summed E-state index contributed by atoms with van der Waals surface area (Å²) >= 11 is 0. The molecule has 0 saturated carbocycles. The summed E-state index contributed by atoms with van der Waals surface area (Å²) in [7, 11) is 3.36. The first-order chi connectivity index (χ1) is 12.4. The number of nitrogens with zero attached hydrogens (tertiary/aromatic N) is 1. The lowest BCUT2D eigenvalue weighted by Gasteiger charge is -2.23. The van der Waals surface area contributed by atoms with Gasteiger partial charge in [0.25, 0.3) is 0 Å². The summed E-state index contributed by atoms with van der Waals surface area (Å²) in [6.07, 6.45) is 2.62. The van der Waals surface area contributed by atoms with E-state index < -0.39 is 11.9 Å². The fourth-order valence-corrected chi connectivity index (χ4v) is 3.01. The Balaban J connectivity index is 0.000000487. The van der Waals surface area contributed by atoms with Crippen LogP contribution < -0.4 is 14.8 Å². The Labute approximate surface area is 153 Å². The van der Waals surface area contributed by atoms with E-state index in [4.69, 9.17) is 29.3 Å². The van der Waals surface area contributed by atoms with Crippen molar-refractivity contribution in [3.8, 4) is 11.5 Å². The van der Waals surface area contributed by atoms with E-state index in [2.05, 4.69) is 23.2 Å². The Kier molecular flexibility index (Phi) is 9.46. The van der Waals surface area contributed by atoms with Crippen LogP contribution >= 0.6 is 0 Å². The molecule has 1 atom stereocenters. The summed E-state index contributed by atoms with van der Waals surface area (Å²) in [6, 6.07) is 6.70. The van der Waals surface area contributed by atoms with Gasteiger partial charge >= 0.3 is 11.9 Å². The van der Waals surface area contributed by atoms with Crippen molar-refractivity contribution >= 4 is 11.9 Å². The number of para-hydroxylation sites is 1. The molecule has 0 radical (unpaired) electrons. The number of nitrogens with one attached hydrogen (secondary N) is 1. The van der Waals surface area contributed by atoms with Gasteiger partial charge < -0.3 is 25.0 Å². The topological polar surface area (TPSA) is 108 Å². The van der Waals surface area contributed by atoms with E-state index in [-0.39, 0.29) is 0 Å². The first kappa shape index (κ1) is 21.7. The lowest BCUT2D eigenvalue weighted by atomic mass is 10.1. The summed E-state index contributed by atoms with van der Waals surface area (Å²) in [5.74, 6) is -2.02. The fraction of sp³-hybridized carbons (Fsp3) is 0.556. The molecule has 1 heterocycles. The predicted molar refractivity (Wildman–Crippen MR) is 96.8 cm³/mol. The normalized spacial score (nSPS) is 16.5. The quantitative estimate of drug-likeness (QED) is 0.621. The van der Waals surface area contributed by atoms with Crippen LogP contribution in [0.25, 0.3) is 0 Å². The maximum atomic E-state index is 9.10. The fourth-order valence-electron chi connectivity index (χ4n) is 3.01. The van der Waals surface area contributed by atoms with Crippen molar-refractivity contribution in [2.45, 2.75) is 32.4 Å². The van der Waals surface area contributed by atoms with Gasteiger partial charge in [0.05, 0.1) is 14.2 Å². The van der Waals surface area contributed by atoms with Crippen molar-refractivity contribution in [3.05, 3.63) is 23.8 Å². The molecule has 1 fully saturated rings. The number of aliphatic carboxylic acids is 2. The second-order valence-corrected chi connectivity index (χ2v) is 5.82. The second-order valence-electron chi connectivity index (χ2n) is 5.82. The van der Waals surface area contributed by atoms with Crippen LogP contribution in [0.5, 0.6) is 11.5 Å². The van der Waals surface area contributed by atoms with E-state index in [1.54, 1.807) is 14.2 Å². The van der Waals surface area contributed by atoms with Crippen LogP contribution in [-0.2, 0) is 16.1 Å². The number of likely N-dealkylation sites (tertiary alicyclic amines) is 1. The van der Waals surface area contributed by atoms with Crippen molar-refractivity contribution in [2.75, 3.05) is 33.9 Å². The SMILES string of the molecule is CCN1CCCC1CNCc1cccc(OC)c1OC.O=C(O)C(=O)O. The molecule has 0 amide bonds. The van der Waals surface area contributed by atoms with Crippen LogP contribution in [0.15, 0.2) is 18.2 Å². The van der Waals surface area contributed by atoms with E-state index in [0.29, 0.717) is 6.04 Å². The van der Waals surface area contributed by atoms with Crippen LogP contribution in [0, 0.1) is 0 Å². The zero-order valence-electron chi connectivity index (χ0n) is 15.5. The van der Waals surface area contributed by atoms with E-state index in [1.807, 2.05) is 12.1 Å². The molecule has 0 aromatic heterocycles. The highest BCUT2D eigenvalue weighted by Crippen LogP contribution is 2.30. The Morgan fingerprint density at radius 3 is 2.46 bits per heavy atom. The van der Waals surface area contributed by atoms with Gasteiger partial charge in [-0.25, -0.2) is 9.59 Å². The molecule has 2 rings (SSSR count). The molecule has 1 aromatic carbocycles. The molecule has 1 aromatic rings. The number of methoxy groups -OCH3 is 2. The van der Waals surface area contributed by atoms with Crippen molar-refractivity contribution in [2.24, 2.45) is 0 Å². The van der Waals surface area contributed by atoms with Gasteiger partial charge in [-0.05, 0) is 32.0 Å². The van der Waals surface area contributed by atoms with Crippen molar-refractivity contribution < 1.29 is 29.3 Å². The van der Waals surface area contributed by atoms with E-state index in [0.717, 1.165) is 36.7 Å². The Bertz CT molecular complexity index is 581. The van der Waals surface area contributed by atoms with Crippen LogP contribution in [0.2, 0.25) is 0 Å². The Morgan fingerprint density at radius 2 is 1.92 bits per heavy atom. The molecule has 1 aliphatic rings. The Hall–Kier alpha value is -2.32. The van der Waals surface area contributed by atoms with E-state index in [1.165, 1.54) is 19.4 Å². The van der Waals surface area contributed by atoms with Crippen LogP contribution in [0.3, 0.4) is 0 Å². The maximum Gasteiger partial charge on any atom is 0.414 e. The summed E-state index contributed by atoms with van der Waals surface area (Å²) in [5, 5.41) is 18.3. The number of likely N-dealkylation sites (N-methyl/N-ethyl adjacent to an activating group) is 1. The maximum absolute atomic E-state index is 9.10. The summed E-state index contributed by atoms with van der Waals surface area (Å²) in [6.45, 7) is 6.48. The van der Waals surface area contributed by atoms with Gasteiger partial charge in [-0.3, -0.25) is 4.90 Å². The lowest BCUT2D eigenvalue weighted by molar-refractivity contribution is -0.159. The highest BCUT2D eigenvalue weighted by atomic mass is 16.5. The Morgan fingerprint density at radius 1 is 1.23 bits per heavy atom. The molecule has 0 aliphatic carbocycles. The molecule has 0 bridgehead atoms.